The molecule has 106 valence electrons. The first kappa shape index (κ1) is 15.4. The summed E-state index contributed by atoms with van der Waals surface area (Å²) in [6, 6.07) is 0. The molecule has 1 aromatic rings. The van der Waals surface area contributed by atoms with Crippen molar-refractivity contribution in [3.63, 3.8) is 0 Å². The Morgan fingerprint density at radius 3 is 2.95 bits per heavy atom. The Morgan fingerprint density at radius 1 is 1.47 bits per heavy atom. The van der Waals surface area contributed by atoms with Gasteiger partial charge >= 0.3 is 5.97 Å². The summed E-state index contributed by atoms with van der Waals surface area (Å²) < 4.78 is 12.0. The lowest BCUT2D eigenvalue weighted by atomic mass is 10.3. The van der Waals surface area contributed by atoms with Gasteiger partial charge in [0.05, 0.1) is 18.8 Å². The molecule has 1 heterocycles. The Labute approximate surface area is 113 Å². The average Bonchev–Trinajstić information content (AvgIpc) is 2.77. The summed E-state index contributed by atoms with van der Waals surface area (Å²) >= 11 is 0. The number of carbonyl (C=O) groups is 1. The van der Waals surface area contributed by atoms with E-state index >= 15 is 0 Å². The van der Waals surface area contributed by atoms with Gasteiger partial charge in [0.1, 0.15) is 6.61 Å². The second kappa shape index (κ2) is 8.42. The number of aromatic nitrogens is 3. The number of hydrogen-bond acceptors (Lipinski definition) is 5. The van der Waals surface area contributed by atoms with Crippen LogP contribution in [-0.2, 0) is 16.0 Å². The highest BCUT2D eigenvalue weighted by molar-refractivity contribution is 5.88. The van der Waals surface area contributed by atoms with Gasteiger partial charge in [0.25, 0.3) is 0 Å². The van der Waals surface area contributed by atoms with E-state index in [0.29, 0.717) is 18.8 Å². The number of hydrogen-bond donors (Lipinski definition) is 0. The van der Waals surface area contributed by atoms with Crippen LogP contribution < -0.4 is 0 Å². The van der Waals surface area contributed by atoms with Crippen molar-refractivity contribution in [1.29, 1.82) is 0 Å². The van der Waals surface area contributed by atoms with Crippen LogP contribution in [0.4, 0.5) is 0 Å². The molecule has 0 saturated carbocycles. The third kappa shape index (κ3) is 4.82. The molecule has 0 N–H and O–H groups in total. The third-order valence-electron chi connectivity index (χ3n) is 2.60. The van der Waals surface area contributed by atoms with E-state index in [2.05, 4.69) is 23.8 Å². The molecule has 0 bridgehead atoms. The van der Waals surface area contributed by atoms with Crippen LogP contribution in [0.15, 0.2) is 12.7 Å². The lowest BCUT2D eigenvalue weighted by molar-refractivity contribution is 0.0541. The second-order valence-electron chi connectivity index (χ2n) is 4.10. The van der Waals surface area contributed by atoms with Crippen molar-refractivity contribution in [2.75, 3.05) is 19.8 Å². The SMILES string of the molecule is C=CCOC(=O)c1nnn(CCOCCCC)c1C. The van der Waals surface area contributed by atoms with Gasteiger partial charge in [0.15, 0.2) is 5.69 Å². The van der Waals surface area contributed by atoms with Crippen LogP contribution in [0.5, 0.6) is 0 Å². The van der Waals surface area contributed by atoms with Crippen LogP contribution in [0.3, 0.4) is 0 Å². The largest absolute Gasteiger partial charge is 0.457 e. The first-order chi connectivity index (χ1) is 9.20. The van der Waals surface area contributed by atoms with E-state index in [4.69, 9.17) is 9.47 Å². The van der Waals surface area contributed by atoms with Gasteiger partial charge in [-0.1, -0.05) is 31.2 Å². The topological polar surface area (TPSA) is 66.2 Å². The molecule has 1 rings (SSSR count). The molecule has 19 heavy (non-hydrogen) atoms. The van der Waals surface area contributed by atoms with Crippen molar-refractivity contribution in [3.05, 3.63) is 24.0 Å². The lowest BCUT2D eigenvalue weighted by Gasteiger charge is -2.05. The van der Waals surface area contributed by atoms with Crippen molar-refractivity contribution in [1.82, 2.24) is 15.0 Å². The molecule has 0 unspecified atom stereocenters. The maximum atomic E-state index is 11.6. The van der Waals surface area contributed by atoms with Crippen molar-refractivity contribution in [2.24, 2.45) is 0 Å². The Bertz CT molecular complexity index is 415. The van der Waals surface area contributed by atoms with Gasteiger partial charge in [0, 0.05) is 6.61 Å². The highest BCUT2D eigenvalue weighted by Crippen LogP contribution is 2.05. The molecule has 0 aliphatic rings. The van der Waals surface area contributed by atoms with E-state index in [1.165, 1.54) is 6.08 Å². The van der Waals surface area contributed by atoms with E-state index in [0.717, 1.165) is 19.4 Å². The van der Waals surface area contributed by atoms with Crippen molar-refractivity contribution in [3.8, 4) is 0 Å². The summed E-state index contributed by atoms with van der Waals surface area (Å²) in [4.78, 5) is 11.6. The Morgan fingerprint density at radius 2 is 2.26 bits per heavy atom. The minimum absolute atomic E-state index is 0.172. The molecule has 0 spiro atoms. The zero-order valence-corrected chi connectivity index (χ0v) is 11.6. The average molecular weight is 267 g/mol. The zero-order chi connectivity index (χ0) is 14.1. The first-order valence-corrected chi connectivity index (χ1v) is 6.46. The molecule has 0 amide bonds. The predicted octanol–water partition coefficient (Wildman–Crippen LogP) is 1.75. The van der Waals surface area contributed by atoms with Gasteiger partial charge in [-0.2, -0.15) is 0 Å². The van der Waals surface area contributed by atoms with Crippen LogP contribution in [0, 0.1) is 6.92 Å². The zero-order valence-electron chi connectivity index (χ0n) is 11.6. The van der Waals surface area contributed by atoms with Crippen molar-refractivity contribution < 1.29 is 14.3 Å². The van der Waals surface area contributed by atoms with Crippen molar-refractivity contribution in [2.45, 2.75) is 33.2 Å². The maximum Gasteiger partial charge on any atom is 0.361 e. The minimum Gasteiger partial charge on any atom is -0.457 e. The Kier molecular flexibility index (Phi) is 6.81. The number of esters is 1. The fourth-order valence-electron chi connectivity index (χ4n) is 1.46. The number of ether oxygens (including phenoxy) is 2. The summed E-state index contributed by atoms with van der Waals surface area (Å²) in [6.45, 7) is 9.45. The van der Waals surface area contributed by atoms with E-state index in [1.807, 2.05) is 0 Å². The summed E-state index contributed by atoms with van der Waals surface area (Å²) in [5, 5.41) is 7.75. The van der Waals surface area contributed by atoms with Crippen LogP contribution in [0.1, 0.15) is 35.9 Å². The smallest absolute Gasteiger partial charge is 0.361 e. The Balaban J connectivity index is 2.46. The summed E-state index contributed by atoms with van der Waals surface area (Å²) in [7, 11) is 0. The summed E-state index contributed by atoms with van der Waals surface area (Å²) in [5.41, 5.74) is 0.934. The lowest BCUT2D eigenvalue weighted by Crippen LogP contribution is -2.11. The van der Waals surface area contributed by atoms with Crippen LogP contribution in [0.2, 0.25) is 0 Å². The van der Waals surface area contributed by atoms with Gasteiger partial charge in [-0.15, -0.1) is 5.10 Å². The van der Waals surface area contributed by atoms with Crippen LogP contribution in [0.25, 0.3) is 0 Å². The number of unbranched alkanes of at least 4 members (excludes halogenated alkanes) is 1. The van der Waals surface area contributed by atoms with E-state index in [-0.39, 0.29) is 12.3 Å². The maximum absolute atomic E-state index is 11.6. The number of nitrogens with zero attached hydrogens (tertiary/aromatic N) is 3. The van der Waals surface area contributed by atoms with E-state index in [1.54, 1.807) is 11.6 Å². The fourth-order valence-corrected chi connectivity index (χ4v) is 1.46. The highest BCUT2D eigenvalue weighted by atomic mass is 16.5. The molecule has 0 saturated heterocycles. The number of carbonyl (C=O) groups excluding carboxylic acids is 1. The molecule has 0 aromatic carbocycles. The third-order valence-corrected chi connectivity index (χ3v) is 2.60. The predicted molar refractivity (Wildman–Crippen MR) is 71.0 cm³/mol. The summed E-state index contributed by atoms with van der Waals surface area (Å²) in [6.07, 6.45) is 3.68. The summed E-state index contributed by atoms with van der Waals surface area (Å²) in [5.74, 6) is -0.476. The molecular formula is C13H21N3O3. The molecular weight excluding hydrogens is 246 g/mol. The molecule has 6 heteroatoms. The Hall–Kier alpha value is -1.69. The fraction of sp³-hybridized carbons (Fsp3) is 0.615. The van der Waals surface area contributed by atoms with Gasteiger partial charge < -0.3 is 9.47 Å². The monoisotopic (exact) mass is 267 g/mol. The first-order valence-electron chi connectivity index (χ1n) is 6.46. The molecule has 6 nitrogen and oxygen atoms in total. The molecule has 0 radical (unpaired) electrons. The minimum atomic E-state index is -0.476. The highest BCUT2D eigenvalue weighted by Gasteiger charge is 2.17. The van der Waals surface area contributed by atoms with E-state index < -0.39 is 5.97 Å². The number of rotatable bonds is 9. The molecule has 0 aliphatic carbocycles. The second-order valence-corrected chi connectivity index (χ2v) is 4.10. The molecule has 0 atom stereocenters. The van der Waals surface area contributed by atoms with Crippen molar-refractivity contribution >= 4 is 5.97 Å². The van der Waals surface area contributed by atoms with Crippen LogP contribution >= 0.6 is 0 Å². The molecule has 0 aliphatic heterocycles. The van der Waals surface area contributed by atoms with Gasteiger partial charge in [-0.25, -0.2) is 9.48 Å². The molecule has 0 fully saturated rings. The van der Waals surface area contributed by atoms with E-state index in [9.17, 15) is 4.79 Å². The van der Waals surface area contributed by atoms with Gasteiger partial charge in [0.2, 0.25) is 0 Å². The van der Waals surface area contributed by atoms with Crippen LogP contribution in [-0.4, -0.2) is 40.8 Å². The van der Waals surface area contributed by atoms with Gasteiger partial charge in [-0.3, -0.25) is 0 Å². The normalized spacial score (nSPS) is 10.4. The quantitative estimate of drug-likeness (QED) is 0.387. The van der Waals surface area contributed by atoms with Gasteiger partial charge in [-0.05, 0) is 13.3 Å². The standard InChI is InChI=1S/C13H21N3O3/c1-4-6-9-18-10-7-16-11(3)12(14-15-16)13(17)19-8-5-2/h5H,2,4,6-10H2,1,3H3. The molecule has 1 aromatic heterocycles.